The first-order valence-corrected chi connectivity index (χ1v) is 18.7. The van der Waals surface area contributed by atoms with Crippen molar-refractivity contribution in [2.24, 2.45) is 0 Å². The number of rotatable bonds is 5. The first-order valence-electron chi connectivity index (χ1n) is 10.1. The van der Waals surface area contributed by atoms with Crippen LogP contribution in [0.1, 0.15) is 7.43 Å². The Bertz CT molecular complexity index is 1060. The number of benzene rings is 4. The summed E-state index contributed by atoms with van der Waals surface area (Å²) in [4.78, 5) is 0. The summed E-state index contributed by atoms with van der Waals surface area (Å²) < 4.78 is 0. The zero-order chi connectivity index (χ0) is 23.8. The van der Waals surface area contributed by atoms with Crippen LogP contribution in [0.25, 0.3) is 22.3 Å². The lowest BCUT2D eigenvalue weighted by Crippen LogP contribution is -1.96. The van der Waals surface area contributed by atoms with Gasteiger partial charge in [0, 0.05) is 19.9 Å². The minimum atomic E-state index is -1.06. The lowest BCUT2D eigenvalue weighted by molar-refractivity contribution is 1.64. The van der Waals surface area contributed by atoms with E-state index in [4.69, 9.17) is 45.0 Å². The Balaban J connectivity index is 0.000000237. The average molecular weight is 586 g/mol. The van der Waals surface area contributed by atoms with Crippen molar-refractivity contribution >= 4 is 82.1 Å². The number of hydrogen-bond donors (Lipinski definition) is 0. The van der Waals surface area contributed by atoms with Crippen molar-refractivity contribution in [1.82, 2.24) is 0 Å². The summed E-state index contributed by atoms with van der Waals surface area (Å²) in [6.45, 7) is 3.02. The minimum absolute atomic E-state index is 0. The van der Waals surface area contributed by atoms with Crippen molar-refractivity contribution in [1.29, 1.82) is 0 Å². The first-order chi connectivity index (χ1) is 15.8. The Kier molecular flexibility index (Phi) is 12.9. The van der Waals surface area contributed by atoms with Gasteiger partial charge in [0.05, 0.1) is 0 Å². The molecule has 0 aromatic heterocycles. The summed E-state index contributed by atoms with van der Waals surface area (Å²) in [6.07, 6.45) is 0. The lowest BCUT2D eigenvalue weighted by atomic mass is 10.1. The number of hydrogen-bond acceptors (Lipinski definition) is 0. The van der Waals surface area contributed by atoms with Gasteiger partial charge in [0.25, 0.3) is 0 Å². The van der Waals surface area contributed by atoms with E-state index in [1.165, 1.54) is 27.3 Å². The second kappa shape index (κ2) is 14.8. The van der Waals surface area contributed by atoms with Crippen LogP contribution in [0.5, 0.6) is 0 Å². The Morgan fingerprint density at radius 1 is 0.412 bits per heavy atom. The minimum Gasteiger partial charge on any atom is -0.0915 e. The molecule has 0 bridgehead atoms. The highest BCUT2D eigenvalue weighted by atomic mass is 35.9. The molecule has 4 aromatic carbocycles. The zero-order valence-electron chi connectivity index (χ0n) is 18.2. The van der Waals surface area contributed by atoms with Crippen molar-refractivity contribution in [3.63, 3.8) is 0 Å². The van der Waals surface area contributed by atoms with Gasteiger partial charge in [0.2, 0.25) is 0 Å². The molecule has 0 aliphatic rings. The predicted molar refractivity (Wildman–Crippen MR) is 165 cm³/mol. The standard InChI is InChI=1S/C13H11Cl3P2.C13H12ClP.CH4/c1-17(14)12-6-2-10(3-7-12)11-4-8-13(9-5-11)18(15)16;1-15(14)13-9-7-12(8-10-13)11-5-3-2-4-6-11;/h2-9H,1H3;2-10H,1H3;1H4. The van der Waals surface area contributed by atoms with E-state index in [9.17, 15) is 0 Å². The third-order valence-corrected chi connectivity index (χ3v) is 10.00. The Hall–Kier alpha value is -0.670. The zero-order valence-corrected chi connectivity index (χ0v) is 23.9. The van der Waals surface area contributed by atoms with Gasteiger partial charge in [-0.25, -0.2) is 0 Å². The van der Waals surface area contributed by atoms with Gasteiger partial charge in [-0.2, -0.15) is 0 Å². The van der Waals surface area contributed by atoms with Crippen molar-refractivity contribution in [3.8, 4) is 22.3 Å². The maximum atomic E-state index is 6.09. The Morgan fingerprint density at radius 3 is 1.00 bits per heavy atom. The fourth-order valence-corrected chi connectivity index (χ4v) is 5.96. The third kappa shape index (κ3) is 8.77. The molecule has 4 aromatic rings. The smallest absolute Gasteiger partial charge is 0.0915 e. The largest absolute Gasteiger partial charge is 0.116 e. The molecule has 0 radical (unpaired) electrons. The Morgan fingerprint density at radius 2 is 0.706 bits per heavy atom. The molecule has 0 spiro atoms. The van der Waals surface area contributed by atoms with E-state index in [2.05, 4.69) is 79.5 Å². The van der Waals surface area contributed by atoms with Gasteiger partial charge in [-0.15, -0.1) is 0 Å². The van der Waals surface area contributed by atoms with Crippen LogP contribution in [0.3, 0.4) is 0 Å². The van der Waals surface area contributed by atoms with Gasteiger partial charge >= 0.3 is 0 Å². The van der Waals surface area contributed by atoms with Crippen LogP contribution in [-0.4, -0.2) is 13.3 Å². The van der Waals surface area contributed by atoms with E-state index in [0.29, 0.717) is 0 Å². The second-order valence-electron chi connectivity index (χ2n) is 7.19. The number of halogens is 4. The van der Waals surface area contributed by atoms with E-state index in [1.807, 2.05) is 37.0 Å². The summed E-state index contributed by atoms with van der Waals surface area (Å²) >= 11 is 23.9. The van der Waals surface area contributed by atoms with E-state index in [-0.39, 0.29) is 7.43 Å². The predicted octanol–water partition coefficient (Wildman–Crippen LogP) is 10.5. The van der Waals surface area contributed by atoms with Gasteiger partial charge in [0.15, 0.2) is 0 Å². The van der Waals surface area contributed by atoms with Crippen LogP contribution in [-0.2, 0) is 0 Å². The van der Waals surface area contributed by atoms with Crippen LogP contribution in [0.15, 0.2) is 103 Å². The van der Waals surface area contributed by atoms with Crippen LogP contribution < -0.4 is 15.9 Å². The van der Waals surface area contributed by atoms with E-state index >= 15 is 0 Å². The first kappa shape index (κ1) is 29.6. The highest BCUT2D eigenvalue weighted by Gasteiger charge is 2.05. The molecule has 34 heavy (non-hydrogen) atoms. The summed E-state index contributed by atoms with van der Waals surface area (Å²) in [6, 6.07) is 35.2. The molecule has 0 aliphatic carbocycles. The van der Waals surface area contributed by atoms with E-state index in [0.717, 1.165) is 10.9 Å². The summed E-state index contributed by atoms with van der Waals surface area (Å²) in [7, 11) is -1.06. The lowest BCUT2D eigenvalue weighted by Gasteiger charge is -2.07. The maximum Gasteiger partial charge on any atom is 0.116 e. The molecular formula is C27H27Cl4P3. The van der Waals surface area contributed by atoms with Gasteiger partial charge in [-0.3, -0.25) is 0 Å². The highest BCUT2D eigenvalue weighted by molar-refractivity contribution is 8.08. The molecule has 2 unspecified atom stereocenters. The van der Waals surface area contributed by atoms with E-state index in [1.54, 1.807) is 0 Å². The maximum absolute atomic E-state index is 6.09. The fourth-order valence-electron chi connectivity index (χ4n) is 3.12. The Labute approximate surface area is 227 Å². The molecule has 0 N–H and O–H groups in total. The second-order valence-corrected chi connectivity index (χ2v) is 16.7. The van der Waals surface area contributed by atoms with Crippen LogP contribution >= 0.6 is 66.1 Å². The van der Waals surface area contributed by atoms with Gasteiger partial charge in [-0.05, 0) is 46.2 Å². The van der Waals surface area contributed by atoms with Crippen LogP contribution in [0.2, 0.25) is 0 Å². The normalized spacial score (nSPS) is 12.2. The third-order valence-electron chi connectivity index (χ3n) is 4.95. The van der Waals surface area contributed by atoms with Crippen LogP contribution in [0.4, 0.5) is 0 Å². The summed E-state index contributed by atoms with van der Waals surface area (Å²) in [5.41, 5.74) is 4.82. The topological polar surface area (TPSA) is 0 Å². The molecule has 7 heteroatoms. The fraction of sp³-hybridized carbons (Fsp3) is 0.111. The summed E-state index contributed by atoms with van der Waals surface area (Å²) in [5, 5.41) is 3.40. The van der Waals surface area contributed by atoms with Crippen molar-refractivity contribution in [2.75, 3.05) is 13.3 Å². The molecule has 0 heterocycles. The molecule has 0 aliphatic heterocycles. The van der Waals surface area contributed by atoms with Crippen molar-refractivity contribution in [3.05, 3.63) is 103 Å². The molecule has 0 saturated carbocycles. The average Bonchev–Trinajstić information content (AvgIpc) is 2.85. The SMILES string of the molecule is C.CP(Cl)c1ccc(-c2ccc(P(Cl)Cl)cc2)cc1.CP(Cl)c1ccc(-c2ccccc2)cc1. The molecule has 0 saturated heterocycles. The van der Waals surface area contributed by atoms with Gasteiger partial charge in [-0.1, -0.05) is 156 Å². The molecule has 2 atom stereocenters. The molecule has 178 valence electrons. The van der Waals surface area contributed by atoms with Crippen molar-refractivity contribution in [2.45, 2.75) is 7.43 Å². The van der Waals surface area contributed by atoms with Crippen LogP contribution in [0, 0.1) is 0 Å². The molecule has 0 fully saturated rings. The molecule has 0 nitrogen and oxygen atoms in total. The molecule has 4 rings (SSSR count). The monoisotopic (exact) mass is 584 g/mol. The van der Waals surface area contributed by atoms with Crippen molar-refractivity contribution < 1.29 is 0 Å². The quantitative estimate of drug-likeness (QED) is 0.204. The molecule has 0 amide bonds. The van der Waals surface area contributed by atoms with Gasteiger partial charge < -0.3 is 0 Å². The highest BCUT2D eigenvalue weighted by Crippen LogP contribution is 2.45. The molecular weight excluding hydrogens is 559 g/mol. The van der Waals surface area contributed by atoms with E-state index < -0.39 is 21.2 Å². The summed E-state index contributed by atoms with van der Waals surface area (Å²) in [5.74, 6) is 0. The van der Waals surface area contributed by atoms with Gasteiger partial charge in [0.1, 0.15) is 6.63 Å².